The van der Waals surface area contributed by atoms with Crippen molar-refractivity contribution in [2.75, 3.05) is 7.11 Å². The Balaban J connectivity index is 1.94. The van der Waals surface area contributed by atoms with Crippen LogP contribution in [0.1, 0.15) is 16.8 Å². The molecule has 0 saturated carbocycles. The van der Waals surface area contributed by atoms with Crippen LogP contribution in [-0.4, -0.2) is 16.5 Å². The number of aromatic nitrogens is 2. The number of pyridine rings is 1. The first-order valence-electron chi connectivity index (χ1n) is 6.58. The summed E-state index contributed by atoms with van der Waals surface area (Å²) in [6, 6.07) is 12.1. The Morgan fingerprint density at radius 2 is 2.10 bits per heavy atom. The van der Waals surface area contributed by atoms with Crippen LogP contribution in [0, 0.1) is 0 Å². The minimum atomic E-state index is 0.533. The van der Waals surface area contributed by atoms with Crippen LogP contribution in [0.4, 0.5) is 0 Å². The zero-order chi connectivity index (χ0) is 13.9. The molecule has 2 aromatic heterocycles. The van der Waals surface area contributed by atoms with E-state index in [1.54, 1.807) is 7.11 Å². The minimum absolute atomic E-state index is 0.533. The fourth-order valence-electron chi connectivity index (χ4n) is 2.33. The molecule has 0 radical (unpaired) electrons. The Morgan fingerprint density at radius 1 is 1.25 bits per heavy atom. The topological polar surface area (TPSA) is 52.5 Å². The molecule has 0 bridgehead atoms. The van der Waals surface area contributed by atoms with Gasteiger partial charge in [-0.1, -0.05) is 18.2 Å². The van der Waals surface area contributed by atoms with Crippen molar-refractivity contribution < 1.29 is 4.74 Å². The molecule has 3 rings (SSSR count). The molecular weight excluding hydrogens is 250 g/mol. The van der Waals surface area contributed by atoms with Gasteiger partial charge in [0.15, 0.2) is 0 Å². The molecule has 0 aliphatic rings. The molecule has 0 unspecified atom stereocenters. The molecule has 1 aromatic carbocycles. The summed E-state index contributed by atoms with van der Waals surface area (Å²) in [6.45, 7) is 0.533. The Morgan fingerprint density at radius 3 is 2.90 bits per heavy atom. The Bertz CT molecular complexity index is 733. The number of rotatable bonds is 4. The molecule has 0 fully saturated rings. The van der Waals surface area contributed by atoms with Gasteiger partial charge in [0.25, 0.3) is 0 Å². The molecule has 0 aliphatic carbocycles. The second kappa shape index (κ2) is 5.35. The number of hydrogen-bond acceptors (Lipinski definition) is 3. The van der Waals surface area contributed by atoms with Crippen molar-refractivity contribution >= 4 is 5.65 Å². The van der Waals surface area contributed by atoms with Gasteiger partial charge in [-0.05, 0) is 23.8 Å². The van der Waals surface area contributed by atoms with Crippen molar-refractivity contribution in [3.8, 4) is 5.75 Å². The summed E-state index contributed by atoms with van der Waals surface area (Å²) in [7, 11) is 1.69. The molecule has 0 aliphatic heterocycles. The van der Waals surface area contributed by atoms with Crippen molar-refractivity contribution in [3.63, 3.8) is 0 Å². The van der Waals surface area contributed by atoms with Crippen LogP contribution in [0.5, 0.6) is 5.75 Å². The number of fused-ring (bicyclic) bond motifs is 1. The van der Waals surface area contributed by atoms with Gasteiger partial charge in [-0.25, -0.2) is 4.98 Å². The lowest BCUT2D eigenvalue weighted by molar-refractivity contribution is 0.410. The normalized spacial score (nSPS) is 10.9. The van der Waals surface area contributed by atoms with Crippen molar-refractivity contribution in [1.82, 2.24) is 9.38 Å². The number of nitrogens with zero attached hydrogens (tertiary/aromatic N) is 2. The number of methoxy groups -OCH3 is 1. The highest BCUT2D eigenvalue weighted by molar-refractivity contribution is 5.44. The zero-order valence-corrected chi connectivity index (χ0v) is 11.4. The van der Waals surface area contributed by atoms with Gasteiger partial charge in [-0.2, -0.15) is 0 Å². The summed E-state index contributed by atoms with van der Waals surface area (Å²) in [5.74, 6) is 0.896. The maximum Gasteiger partial charge on any atom is 0.137 e. The molecule has 102 valence electrons. The summed E-state index contributed by atoms with van der Waals surface area (Å²) >= 11 is 0. The van der Waals surface area contributed by atoms with E-state index in [1.165, 1.54) is 0 Å². The van der Waals surface area contributed by atoms with Crippen molar-refractivity contribution in [3.05, 3.63) is 65.6 Å². The average molecular weight is 267 g/mol. The van der Waals surface area contributed by atoms with Crippen LogP contribution >= 0.6 is 0 Å². The van der Waals surface area contributed by atoms with E-state index >= 15 is 0 Å². The maximum atomic E-state index is 5.66. The molecule has 0 amide bonds. The van der Waals surface area contributed by atoms with E-state index in [4.69, 9.17) is 10.5 Å². The van der Waals surface area contributed by atoms with Crippen molar-refractivity contribution in [1.29, 1.82) is 0 Å². The van der Waals surface area contributed by atoms with E-state index in [2.05, 4.69) is 11.1 Å². The molecular formula is C16H17N3O. The van der Waals surface area contributed by atoms with Crippen LogP contribution in [0.3, 0.4) is 0 Å². The highest BCUT2D eigenvalue weighted by atomic mass is 16.5. The number of nitrogens with two attached hydrogens (primary N) is 1. The number of imidazole rings is 1. The fraction of sp³-hybridized carbons (Fsp3) is 0.188. The fourth-order valence-corrected chi connectivity index (χ4v) is 2.33. The summed E-state index contributed by atoms with van der Waals surface area (Å²) in [6.07, 6.45) is 4.79. The highest BCUT2D eigenvalue weighted by Crippen LogP contribution is 2.21. The number of para-hydroxylation sites is 1. The summed E-state index contributed by atoms with van der Waals surface area (Å²) in [4.78, 5) is 4.64. The zero-order valence-electron chi connectivity index (χ0n) is 11.4. The second-order valence-electron chi connectivity index (χ2n) is 4.73. The largest absolute Gasteiger partial charge is 0.496 e. The van der Waals surface area contributed by atoms with E-state index in [-0.39, 0.29) is 0 Å². The lowest BCUT2D eigenvalue weighted by Crippen LogP contribution is -1.96. The van der Waals surface area contributed by atoms with Gasteiger partial charge in [0.2, 0.25) is 0 Å². The molecule has 2 heterocycles. The van der Waals surface area contributed by atoms with Gasteiger partial charge >= 0.3 is 0 Å². The molecule has 0 saturated heterocycles. The van der Waals surface area contributed by atoms with E-state index in [9.17, 15) is 0 Å². The van der Waals surface area contributed by atoms with E-state index in [0.717, 1.165) is 34.6 Å². The molecule has 2 N–H and O–H groups in total. The molecule has 20 heavy (non-hydrogen) atoms. The summed E-state index contributed by atoms with van der Waals surface area (Å²) in [5.41, 5.74) is 9.83. The summed E-state index contributed by atoms with van der Waals surface area (Å²) < 4.78 is 7.39. The van der Waals surface area contributed by atoms with Gasteiger partial charge in [0.05, 0.1) is 12.8 Å². The Labute approximate surface area is 117 Å². The van der Waals surface area contributed by atoms with Crippen LogP contribution in [0.25, 0.3) is 5.65 Å². The van der Waals surface area contributed by atoms with Crippen LogP contribution in [-0.2, 0) is 13.0 Å². The van der Waals surface area contributed by atoms with E-state index in [0.29, 0.717) is 6.54 Å². The monoisotopic (exact) mass is 267 g/mol. The van der Waals surface area contributed by atoms with Crippen molar-refractivity contribution in [2.45, 2.75) is 13.0 Å². The first kappa shape index (κ1) is 12.7. The first-order valence-corrected chi connectivity index (χ1v) is 6.58. The quantitative estimate of drug-likeness (QED) is 0.789. The highest BCUT2D eigenvalue weighted by Gasteiger charge is 2.07. The molecule has 0 atom stereocenters. The number of benzene rings is 1. The van der Waals surface area contributed by atoms with Crippen LogP contribution in [0.15, 0.2) is 48.8 Å². The number of hydrogen-bond donors (Lipinski definition) is 1. The molecule has 3 aromatic rings. The van der Waals surface area contributed by atoms with Gasteiger partial charge in [-0.15, -0.1) is 0 Å². The predicted molar refractivity (Wildman–Crippen MR) is 78.9 cm³/mol. The number of ether oxygens (including phenoxy) is 1. The van der Waals surface area contributed by atoms with E-state index in [1.807, 2.05) is 47.1 Å². The third-order valence-corrected chi connectivity index (χ3v) is 3.37. The van der Waals surface area contributed by atoms with Crippen LogP contribution < -0.4 is 10.5 Å². The molecule has 4 heteroatoms. The van der Waals surface area contributed by atoms with Gasteiger partial charge in [-0.3, -0.25) is 0 Å². The third-order valence-electron chi connectivity index (χ3n) is 3.37. The van der Waals surface area contributed by atoms with Gasteiger partial charge in [0, 0.05) is 30.9 Å². The first-order chi connectivity index (χ1) is 9.80. The molecule has 4 nitrogen and oxygen atoms in total. The van der Waals surface area contributed by atoms with Crippen molar-refractivity contribution in [2.24, 2.45) is 5.73 Å². The lowest BCUT2D eigenvalue weighted by Gasteiger charge is -2.05. The van der Waals surface area contributed by atoms with E-state index < -0.39 is 0 Å². The van der Waals surface area contributed by atoms with Gasteiger partial charge in [0.1, 0.15) is 11.4 Å². The van der Waals surface area contributed by atoms with Gasteiger partial charge < -0.3 is 14.9 Å². The Kier molecular flexibility index (Phi) is 3.39. The second-order valence-corrected chi connectivity index (χ2v) is 4.73. The smallest absolute Gasteiger partial charge is 0.137 e. The van der Waals surface area contributed by atoms with Crippen LogP contribution in [0.2, 0.25) is 0 Å². The average Bonchev–Trinajstić information content (AvgIpc) is 2.89. The maximum absolute atomic E-state index is 5.66. The Hall–Kier alpha value is -2.33. The lowest BCUT2D eigenvalue weighted by atomic mass is 10.1. The third kappa shape index (κ3) is 2.38. The predicted octanol–water partition coefficient (Wildman–Crippen LogP) is 2.39. The standard InChI is InChI=1S/C16H17N3O/c1-20-15-5-3-2-4-13(15)9-14-11-19-7-6-12(10-17)8-16(19)18-14/h2-8,11H,9-10,17H2,1H3. The SMILES string of the molecule is COc1ccccc1Cc1cn2ccc(CN)cc2n1. The molecule has 0 spiro atoms. The minimum Gasteiger partial charge on any atom is -0.496 e. The summed E-state index contributed by atoms with van der Waals surface area (Å²) in [5, 5.41) is 0.